The van der Waals surface area contributed by atoms with Gasteiger partial charge in [0, 0.05) is 19.4 Å². The fourth-order valence-corrected chi connectivity index (χ4v) is 5.24. The van der Waals surface area contributed by atoms with E-state index in [0.717, 1.165) is 64.2 Å². The number of hydrogen-bond donors (Lipinski definition) is 2. The number of carbonyl (C=O) groups is 2. The Morgan fingerprint density at radius 3 is 1.80 bits per heavy atom. The maximum atomic E-state index is 12.5. The molecule has 0 saturated carbocycles. The highest BCUT2D eigenvalue weighted by atomic mass is 31.2. The summed E-state index contributed by atoms with van der Waals surface area (Å²) in [4.78, 5) is 34.5. The molecule has 10 heteroatoms. The van der Waals surface area contributed by atoms with Crippen molar-refractivity contribution in [3.63, 3.8) is 0 Å². The van der Waals surface area contributed by atoms with Crippen molar-refractivity contribution in [2.75, 3.05) is 26.4 Å². The van der Waals surface area contributed by atoms with Crippen molar-refractivity contribution in [1.82, 2.24) is 0 Å². The molecule has 0 saturated heterocycles. The lowest BCUT2D eigenvalue weighted by Gasteiger charge is -2.19. The lowest BCUT2D eigenvalue weighted by atomic mass is 10.1. The molecule has 0 aliphatic rings. The number of phosphoric acid groups is 1. The van der Waals surface area contributed by atoms with Gasteiger partial charge in [-0.25, -0.2) is 4.57 Å². The topological polar surface area (TPSA) is 134 Å². The molecular formula is C34H64NO8P. The number of ether oxygens (including phenoxy) is 2. The van der Waals surface area contributed by atoms with E-state index in [1.54, 1.807) is 0 Å². The SMILES string of the molecule is CCCC/C=C\C/C=C\CCCCCCCC(=O)O[C@H](COC(=O)CCCCCCCCCCC)COP(=O)(O)OCCN. The first-order valence-electron chi connectivity index (χ1n) is 17.3. The largest absolute Gasteiger partial charge is 0.472 e. The molecule has 0 fully saturated rings. The molecule has 258 valence electrons. The Kier molecular flexibility index (Phi) is 30.4. The zero-order valence-electron chi connectivity index (χ0n) is 27.9. The van der Waals surface area contributed by atoms with Gasteiger partial charge in [0.15, 0.2) is 6.10 Å². The Labute approximate surface area is 268 Å². The van der Waals surface area contributed by atoms with Gasteiger partial charge in [0.2, 0.25) is 0 Å². The summed E-state index contributed by atoms with van der Waals surface area (Å²) in [6.07, 6.45) is 29.3. The minimum absolute atomic E-state index is 0.0519. The van der Waals surface area contributed by atoms with Gasteiger partial charge in [-0.1, -0.05) is 122 Å². The summed E-state index contributed by atoms with van der Waals surface area (Å²) in [7, 11) is -4.36. The number of rotatable bonds is 32. The smallest absolute Gasteiger partial charge is 0.462 e. The molecule has 0 spiro atoms. The second-order valence-electron chi connectivity index (χ2n) is 11.4. The normalized spacial score (nSPS) is 13.8. The lowest BCUT2D eigenvalue weighted by Crippen LogP contribution is -2.29. The van der Waals surface area contributed by atoms with Crippen LogP contribution in [0, 0.1) is 0 Å². The summed E-state index contributed by atoms with van der Waals surface area (Å²) in [5.74, 6) is -0.849. The molecule has 0 bridgehead atoms. The van der Waals surface area contributed by atoms with E-state index in [-0.39, 0.29) is 38.6 Å². The third-order valence-electron chi connectivity index (χ3n) is 7.09. The maximum absolute atomic E-state index is 12.5. The number of phosphoric ester groups is 1. The summed E-state index contributed by atoms with van der Waals surface area (Å²) in [5.41, 5.74) is 5.31. The predicted octanol–water partition coefficient (Wildman–Crippen LogP) is 8.88. The number of unbranched alkanes of at least 4 members (excludes halogenated alkanes) is 15. The predicted molar refractivity (Wildman–Crippen MR) is 178 cm³/mol. The zero-order valence-corrected chi connectivity index (χ0v) is 28.8. The van der Waals surface area contributed by atoms with Crippen LogP contribution in [0.4, 0.5) is 0 Å². The van der Waals surface area contributed by atoms with Crippen LogP contribution in [0.2, 0.25) is 0 Å². The molecule has 0 amide bonds. The van der Waals surface area contributed by atoms with Crippen molar-refractivity contribution >= 4 is 19.8 Å². The van der Waals surface area contributed by atoms with Crippen molar-refractivity contribution < 1.29 is 37.6 Å². The summed E-state index contributed by atoms with van der Waals surface area (Å²) >= 11 is 0. The summed E-state index contributed by atoms with van der Waals surface area (Å²) in [6.45, 7) is 3.63. The highest BCUT2D eigenvalue weighted by Crippen LogP contribution is 2.43. The van der Waals surface area contributed by atoms with Crippen LogP contribution in [-0.4, -0.2) is 49.3 Å². The summed E-state index contributed by atoms with van der Waals surface area (Å²) in [6, 6.07) is 0. The highest BCUT2D eigenvalue weighted by Gasteiger charge is 2.25. The number of allylic oxidation sites excluding steroid dienone is 4. The maximum Gasteiger partial charge on any atom is 0.472 e. The van der Waals surface area contributed by atoms with Crippen LogP contribution in [0.3, 0.4) is 0 Å². The first-order valence-corrected chi connectivity index (χ1v) is 18.8. The Hall–Kier alpha value is -1.51. The van der Waals surface area contributed by atoms with Gasteiger partial charge in [-0.2, -0.15) is 0 Å². The highest BCUT2D eigenvalue weighted by molar-refractivity contribution is 7.47. The number of carbonyl (C=O) groups excluding carboxylic acids is 2. The molecular weight excluding hydrogens is 581 g/mol. The first-order chi connectivity index (χ1) is 21.3. The molecule has 0 aliphatic heterocycles. The molecule has 0 radical (unpaired) electrons. The molecule has 1 unspecified atom stereocenters. The summed E-state index contributed by atoms with van der Waals surface area (Å²) < 4.78 is 32.5. The zero-order chi connectivity index (χ0) is 32.6. The minimum atomic E-state index is -4.36. The second kappa shape index (κ2) is 31.5. The fraction of sp³-hybridized carbons (Fsp3) is 0.824. The summed E-state index contributed by atoms with van der Waals surface area (Å²) in [5, 5.41) is 0. The molecule has 0 heterocycles. The Balaban J connectivity index is 4.30. The molecule has 9 nitrogen and oxygen atoms in total. The van der Waals surface area contributed by atoms with Gasteiger partial charge in [0.1, 0.15) is 6.61 Å². The van der Waals surface area contributed by atoms with Crippen molar-refractivity contribution in [2.24, 2.45) is 5.73 Å². The third kappa shape index (κ3) is 30.5. The number of nitrogens with two attached hydrogens (primary N) is 1. The molecule has 0 aliphatic carbocycles. The van der Waals surface area contributed by atoms with E-state index in [1.807, 2.05) is 0 Å². The van der Waals surface area contributed by atoms with E-state index >= 15 is 0 Å². The molecule has 0 aromatic heterocycles. The Morgan fingerprint density at radius 1 is 0.682 bits per heavy atom. The van der Waals surface area contributed by atoms with Crippen molar-refractivity contribution in [2.45, 2.75) is 155 Å². The monoisotopic (exact) mass is 645 g/mol. The molecule has 0 aromatic rings. The third-order valence-corrected chi connectivity index (χ3v) is 8.07. The quantitative estimate of drug-likeness (QED) is 0.0318. The van der Waals surface area contributed by atoms with Gasteiger partial charge in [-0.3, -0.25) is 18.6 Å². The molecule has 0 rings (SSSR count). The second-order valence-corrected chi connectivity index (χ2v) is 12.8. The number of esters is 2. The van der Waals surface area contributed by atoms with E-state index in [1.165, 1.54) is 51.4 Å². The Bertz CT molecular complexity index is 789. The molecule has 44 heavy (non-hydrogen) atoms. The van der Waals surface area contributed by atoms with E-state index in [2.05, 4.69) is 38.2 Å². The minimum Gasteiger partial charge on any atom is -0.462 e. The lowest BCUT2D eigenvalue weighted by molar-refractivity contribution is -0.161. The van der Waals surface area contributed by atoms with Gasteiger partial charge in [-0.05, 0) is 38.5 Å². The standard InChI is InChI=1S/C34H64NO8P/c1-3-5-7-9-11-13-14-15-16-17-19-21-23-25-27-34(37)43-32(31-42-44(38,39)41-29-28-35)30-40-33(36)26-24-22-20-18-12-10-8-6-4-2/h9,11,14-15,32H,3-8,10,12-13,16-31,35H2,1-2H3,(H,38,39)/b11-9-,15-14-/t32-/m1/s1. The average Bonchev–Trinajstić information content (AvgIpc) is 3.00. The van der Waals surface area contributed by atoms with Crippen LogP contribution in [-0.2, 0) is 32.7 Å². The van der Waals surface area contributed by atoms with Gasteiger partial charge >= 0.3 is 19.8 Å². The van der Waals surface area contributed by atoms with Gasteiger partial charge in [-0.15, -0.1) is 0 Å². The van der Waals surface area contributed by atoms with Gasteiger partial charge in [0.05, 0.1) is 13.2 Å². The van der Waals surface area contributed by atoms with Crippen molar-refractivity contribution in [3.8, 4) is 0 Å². The van der Waals surface area contributed by atoms with E-state index in [0.29, 0.717) is 6.42 Å². The molecule has 2 atom stereocenters. The van der Waals surface area contributed by atoms with Crippen LogP contribution in [0.25, 0.3) is 0 Å². The van der Waals surface area contributed by atoms with Crippen LogP contribution in [0.15, 0.2) is 24.3 Å². The average molecular weight is 646 g/mol. The van der Waals surface area contributed by atoms with Crippen molar-refractivity contribution in [3.05, 3.63) is 24.3 Å². The van der Waals surface area contributed by atoms with Gasteiger partial charge < -0.3 is 20.1 Å². The van der Waals surface area contributed by atoms with Crippen molar-refractivity contribution in [1.29, 1.82) is 0 Å². The van der Waals surface area contributed by atoms with Crippen LogP contribution in [0.5, 0.6) is 0 Å². The van der Waals surface area contributed by atoms with E-state index in [9.17, 15) is 19.0 Å². The van der Waals surface area contributed by atoms with E-state index in [4.69, 9.17) is 24.3 Å². The molecule has 0 aromatic carbocycles. The fourth-order valence-electron chi connectivity index (χ4n) is 4.47. The Morgan fingerprint density at radius 2 is 1.20 bits per heavy atom. The van der Waals surface area contributed by atoms with E-state index < -0.39 is 26.5 Å². The van der Waals surface area contributed by atoms with Crippen LogP contribution < -0.4 is 5.73 Å². The van der Waals surface area contributed by atoms with Crippen LogP contribution >= 0.6 is 7.82 Å². The van der Waals surface area contributed by atoms with Crippen LogP contribution in [0.1, 0.15) is 149 Å². The molecule has 3 N–H and O–H groups in total. The number of hydrogen-bond acceptors (Lipinski definition) is 8. The first kappa shape index (κ1) is 42.5. The van der Waals surface area contributed by atoms with Gasteiger partial charge in [0.25, 0.3) is 0 Å².